The molecule has 1 fully saturated rings. The Hall–Kier alpha value is -2.11. The quantitative estimate of drug-likeness (QED) is 0.842. The fourth-order valence-corrected chi connectivity index (χ4v) is 3.47. The molecule has 1 amide bonds. The van der Waals surface area contributed by atoms with Crippen LogP contribution in [0.25, 0.3) is 0 Å². The van der Waals surface area contributed by atoms with Gasteiger partial charge in [-0.05, 0) is 61.2 Å². The van der Waals surface area contributed by atoms with Crippen LogP contribution in [0.15, 0.2) is 48.5 Å². The summed E-state index contributed by atoms with van der Waals surface area (Å²) in [5.41, 5.74) is -0.119. The average molecular weight is 392 g/mol. The van der Waals surface area contributed by atoms with Gasteiger partial charge in [-0.3, -0.25) is 4.79 Å². The van der Waals surface area contributed by atoms with Crippen molar-refractivity contribution >= 4 is 17.5 Å². The second-order valence-corrected chi connectivity index (χ2v) is 7.44. The van der Waals surface area contributed by atoms with Crippen molar-refractivity contribution in [3.63, 3.8) is 0 Å². The standard InChI is InChI=1S/C21H23ClFNO3/c22-17-4-1-3-16(13-17)14-20(25)24-11-2-9-21(26,10-12-24)15-27-19-7-5-18(23)6-8-19/h1,3-8,13,26H,2,9-12,14-15H2. The normalized spacial score (nSPS) is 20.2. The Balaban J connectivity index is 1.54. The topological polar surface area (TPSA) is 49.8 Å². The number of hydrogen-bond donors (Lipinski definition) is 1. The second-order valence-electron chi connectivity index (χ2n) is 7.01. The number of aliphatic hydroxyl groups is 1. The summed E-state index contributed by atoms with van der Waals surface area (Å²) in [5.74, 6) is 0.216. The molecule has 0 aromatic heterocycles. The molecule has 144 valence electrons. The van der Waals surface area contributed by atoms with Crippen LogP contribution in [-0.4, -0.2) is 41.2 Å². The van der Waals surface area contributed by atoms with Crippen LogP contribution in [0.3, 0.4) is 0 Å². The smallest absolute Gasteiger partial charge is 0.226 e. The van der Waals surface area contributed by atoms with E-state index in [1.807, 2.05) is 12.1 Å². The van der Waals surface area contributed by atoms with Gasteiger partial charge < -0.3 is 14.7 Å². The molecule has 0 aliphatic carbocycles. The fraction of sp³-hybridized carbons (Fsp3) is 0.381. The molecule has 0 saturated carbocycles. The van der Waals surface area contributed by atoms with Crippen molar-refractivity contribution in [1.82, 2.24) is 4.90 Å². The van der Waals surface area contributed by atoms with Gasteiger partial charge in [0.2, 0.25) is 5.91 Å². The predicted octanol–water partition coefficient (Wildman–Crippen LogP) is 3.84. The van der Waals surface area contributed by atoms with Crippen LogP contribution < -0.4 is 4.74 Å². The van der Waals surface area contributed by atoms with E-state index in [2.05, 4.69) is 0 Å². The van der Waals surface area contributed by atoms with Crippen molar-refractivity contribution in [2.45, 2.75) is 31.3 Å². The summed E-state index contributed by atoms with van der Waals surface area (Å²) in [6.07, 6.45) is 1.99. The highest BCUT2D eigenvalue weighted by Crippen LogP contribution is 2.25. The van der Waals surface area contributed by atoms with E-state index in [1.165, 1.54) is 24.3 Å². The number of nitrogens with zero attached hydrogens (tertiary/aromatic N) is 1. The lowest BCUT2D eigenvalue weighted by Gasteiger charge is -2.27. The van der Waals surface area contributed by atoms with Gasteiger partial charge in [0.25, 0.3) is 0 Å². The van der Waals surface area contributed by atoms with Gasteiger partial charge in [0.05, 0.1) is 6.42 Å². The van der Waals surface area contributed by atoms with Crippen LogP contribution in [0.4, 0.5) is 4.39 Å². The van der Waals surface area contributed by atoms with Crippen LogP contribution in [0.2, 0.25) is 5.02 Å². The van der Waals surface area contributed by atoms with Crippen LogP contribution in [0.5, 0.6) is 5.75 Å². The fourth-order valence-electron chi connectivity index (χ4n) is 3.25. The van der Waals surface area contributed by atoms with Crippen molar-refractivity contribution in [2.75, 3.05) is 19.7 Å². The molecule has 1 aliphatic heterocycles. The minimum absolute atomic E-state index is 0.0287. The first-order valence-electron chi connectivity index (χ1n) is 9.07. The summed E-state index contributed by atoms with van der Waals surface area (Å²) in [6, 6.07) is 13.0. The number of ether oxygens (including phenoxy) is 1. The highest BCUT2D eigenvalue weighted by Gasteiger charge is 2.32. The van der Waals surface area contributed by atoms with E-state index in [0.717, 1.165) is 5.56 Å². The molecule has 6 heteroatoms. The minimum atomic E-state index is -1.00. The summed E-state index contributed by atoms with van der Waals surface area (Å²) in [5, 5.41) is 11.5. The molecule has 1 heterocycles. The Kier molecular flexibility index (Phi) is 6.34. The molecule has 1 atom stereocenters. The minimum Gasteiger partial charge on any atom is -0.491 e. The first-order chi connectivity index (χ1) is 12.9. The summed E-state index contributed by atoms with van der Waals surface area (Å²) >= 11 is 5.98. The molecule has 1 aliphatic rings. The number of amides is 1. The third kappa shape index (κ3) is 5.68. The third-order valence-electron chi connectivity index (χ3n) is 4.84. The molecule has 0 bridgehead atoms. The summed E-state index contributed by atoms with van der Waals surface area (Å²) in [7, 11) is 0. The van der Waals surface area contributed by atoms with Gasteiger partial charge in [-0.25, -0.2) is 4.39 Å². The summed E-state index contributed by atoms with van der Waals surface area (Å²) < 4.78 is 18.6. The van der Waals surface area contributed by atoms with Crippen molar-refractivity contribution in [3.05, 3.63) is 64.9 Å². The molecule has 1 unspecified atom stereocenters. The van der Waals surface area contributed by atoms with Crippen molar-refractivity contribution in [1.29, 1.82) is 0 Å². The van der Waals surface area contributed by atoms with Gasteiger partial charge in [-0.15, -0.1) is 0 Å². The van der Waals surface area contributed by atoms with E-state index in [4.69, 9.17) is 16.3 Å². The number of hydrogen-bond acceptors (Lipinski definition) is 3. The number of rotatable bonds is 5. The van der Waals surface area contributed by atoms with Gasteiger partial charge in [0.15, 0.2) is 0 Å². The second kappa shape index (κ2) is 8.72. The molecule has 2 aromatic rings. The van der Waals surface area contributed by atoms with Gasteiger partial charge in [0.1, 0.15) is 23.8 Å². The Bertz CT molecular complexity index is 783. The van der Waals surface area contributed by atoms with Gasteiger partial charge >= 0.3 is 0 Å². The Morgan fingerprint density at radius 3 is 2.70 bits per heavy atom. The van der Waals surface area contributed by atoms with E-state index in [-0.39, 0.29) is 18.3 Å². The lowest BCUT2D eigenvalue weighted by Crippen LogP contribution is -2.38. The highest BCUT2D eigenvalue weighted by atomic mass is 35.5. The number of halogens is 2. The van der Waals surface area contributed by atoms with E-state index in [0.29, 0.717) is 49.5 Å². The van der Waals surface area contributed by atoms with E-state index in [1.54, 1.807) is 17.0 Å². The van der Waals surface area contributed by atoms with E-state index in [9.17, 15) is 14.3 Å². The monoisotopic (exact) mass is 391 g/mol. The largest absolute Gasteiger partial charge is 0.491 e. The first-order valence-corrected chi connectivity index (χ1v) is 9.44. The molecule has 4 nitrogen and oxygen atoms in total. The molecule has 0 spiro atoms. The first kappa shape index (κ1) is 19.6. The lowest BCUT2D eigenvalue weighted by molar-refractivity contribution is -0.130. The van der Waals surface area contributed by atoms with Crippen molar-refractivity contribution in [2.24, 2.45) is 0 Å². The van der Waals surface area contributed by atoms with Crippen LogP contribution in [0, 0.1) is 5.82 Å². The summed E-state index contributed by atoms with van der Waals surface area (Å²) in [6.45, 7) is 1.20. The zero-order chi connectivity index (χ0) is 19.3. The maximum atomic E-state index is 13.0. The SMILES string of the molecule is O=C(Cc1cccc(Cl)c1)N1CCCC(O)(COc2ccc(F)cc2)CC1. The molecular formula is C21H23ClFNO3. The number of likely N-dealkylation sites (tertiary alicyclic amines) is 1. The Labute approximate surface area is 163 Å². The Morgan fingerprint density at radius 2 is 1.96 bits per heavy atom. The van der Waals surface area contributed by atoms with Crippen LogP contribution in [0.1, 0.15) is 24.8 Å². The van der Waals surface area contributed by atoms with Crippen molar-refractivity contribution < 1.29 is 19.0 Å². The Morgan fingerprint density at radius 1 is 1.19 bits per heavy atom. The number of carbonyl (C=O) groups is 1. The zero-order valence-electron chi connectivity index (χ0n) is 15.0. The highest BCUT2D eigenvalue weighted by molar-refractivity contribution is 6.30. The summed E-state index contributed by atoms with van der Waals surface area (Å²) in [4.78, 5) is 14.4. The maximum absolute atomic E-state index is 13.0. The maximum Gasteiger partial charge on any atom is 0.226 e. The van der Waals surface area contributed by atoms with E-state index < -0.39 is 5.60 Å². The average Bonchev–Trinajstić information content (AvgIpc) is 2.84. The van der Waals surface area contributed by atoms with Crippen LogP contribution >= 0.6 is 11.6 Å². The molecule has 0 radical (unpaired) electrons. The molecule has 1 saturated heterocycles. The molecule has 2 aromatic carbocycles. The predicted molar refractivity (Wildman–Crippen MR) is 102 cm³/mol. The third-order valence-corrected chi connectivity index (χ3v) is 5.07. The lowest BCUT2D eigenvalue weighted by atomic mass is 9.96. The van der Waals surface area contributed by atoms with Crippen LogP contribution in [-0.2, 0) is 11.2 Å². The molecule has 27 heavy (non-hydrogen) atoms. The molecule has 1 N–H and O–H groups in total. The van der Waals surface area contributed by atoms with Gasteiger partial charge in [-0.1, -0.05) is 23.7 Å². The van der Waals surface area contributed by atoms with E-state index >= 15 is 0 Å². The zero-order valence-corrected chi connectivity index (χ0v) is 15.8. The molecule has 3 rings (SSSR count). The molecular weight excluding hydrogens is 369 g/mol. The van der Waals surface area contributed by atoms with Gasteiger partial charge in [-0.2, -0.15) is 0 Å². The van der Waals surface area contributed by atoms with Crippen molar-refractivity contribution in [3.8, 4) is 5.75 Å². The van der Waals surface area contributed by atoms with Gasteiger partial charge in [0, 0.05) is 18.1 Å². The number of carbonyl (C=O) groups excluding carboxylic acids is 1. The number of benzene rings is 2.